The van der Waals surface area contributed by atoms with Crippen LogP contribution in [0.5, 0.6) is 0 Å². The molecule has 0 spiro atoms. The van der Waals surface area contributed by atoms with Gasteiger partial charge >= 0.3 is 6.09 Å². The van der Waals surface area contributed by atoms with E-state index >= 15 is 0 Å². The van der Waals surface area contributed by atoms with Gasteiger partial charge in [0.1, 0.15) is 0 Å². The molecule has 8 nitrogen and oxygen atoms in total. The van der Waals surface area contributed by atoms with E-state index < -0.39 is 29.7 Å². The minimum Gasteiger partial charge on any atom is -0.449 e. The predicted octanol–water partition coefficient (Wildman–Crippen LogP) is 3.08. The molecule has 0 aliphatic carbocycles. The molecular formula is C23H35N3O5S. The number of ether oxygens (including phenoxy) is 1. The van der Waals surface area contributed by atoms with Crippen LogP contribution in [-0.4, -0.2) is 47.7 Å². The third-order valence-corrected chi connectivity index (χ3v) is 6.22. The lowest BCUT2D eigenvalue weighted by molar-refractivity contribution is -0.141. The number of aryl methyl sites for hydroxylation is 2. The molecule has 2 heterocycles. The number of rotatable bonds is 6. The van der Waals surface area contributed by atoms with Gasteiger partial charge in [0.25, 0.3) is 5.91 Å². The maximum absolute atomic E-state index is 13.1. The summed E-state index contributed by atoms with van der Waals surface area (Å²) in [6, 6.07) is -0.800. The molecule has 2 N–H and O–H groups in total. The number of Topliss-reactive ketones (excluding diaryl/α,β-unsaturated/α-hetero) is 2. The fraction of sp³-hybridized carbons (Fsp3) is 0.696. The van der Waals surface area contributed by atoms with E-state index in [9.17, 15) is 19.2 Å². The summed E-state index contributed by atoms with van der Waals surface area (Å²) in [4.78, 5) is 56.0. The first-order chi connectivity index (χ1) is 15.0. The molecule has 0 fully saturated rings. The van der Waals surface area contributed by atoms with Gasteiger partial charge in [-0.25, -0.2) is 9.78 Å². The first kappa shape index (κ1) is 26.0. The van der Waals surface area contributed by atoms with E-state index in [0.29, 0.717) is 19.4 Å². The monoisotopic (exact) mass is 465 g/mol. The number of nitrogens with zero attached hydrogens (tertiary/aromatic N) is 1. The van der Waals surface area contributed by atoms with Crippen LogP contribution in [-0.2, 0) is 32.0 Å². The van der Waals surface area contributed by atoms with Crippen molar-refractivity contribution in [3.63, 3.8) is 0 Å². The van der Waals surface area contributed by atoms with Gasteiger partial charge < -0.3 is 15.4 Å². The maximum atomic E-state index is 13.1. The topological polar surface area (TPSA) is 114 Å². The smallest absolute Gasteiger partial charge is 0.407 e. The van der Waals surface area contributed by atoms with Crippen molar-refractivity contribution in [2.75, 3.05) is 13.2 Å². The maximum Gasteiger partial charge on any atom is 0.407 e. The Balaban J connectivity index is 2.10. The van der Waals surface area contributed by atoms with Gasteiger partial charge in [-0.3, -0.25) is 14.4 Å². The quantitative estimate of drug-likeness (QED) is 0.624. The largest absolute Gasteiger partial charge is 0.449 e. The summed E-state index contributed by atoms with van der Waals surface area (Å²) in [6.07, 6.45) is 1.64. The van der Waals surface area contributed by atoms with Gasteiger partial charge in [0.05, 0.1) is 23.9 Å². The Morgan fingerprint density at radius 3 is 2.66 bits per heavy atom. The highest BCUT2D eigenvalue weighted by atomic mass is 32.1. The van der Waals surface area contributed by atoms with Crippen LogP contribution >= 0.6 is 11.3 Å². The number of alkyl carbamates (subject to hydrolysis) is 1. The number of hydrogen-bond acceptors (Lipinski definition) is 7. The number of fused-ring (bicyclic) bond motifs is 1. The molecule has 0 saturated heterocycles. The third kappa shape index (κ3) is 8.00. The number of ketones is 2. The van der Waals surface area contributed by atoms with Gasteiger partial charge in [0.15, 0.2) is 5.78 Å². The van der Waals surface area contributed by atoms with Crippen molar-refractivity contribution in [2.45, 2.75) is 72.8 Å². The average Bonchev–Trinajstić information content (AvgIpc) is 3.15. The lowest BCUT2D eigenvalue weighted by Gasteiger charge is -2.24. The van der Waals surface area contributed by atoms with Crippen LogP contribution in [0.15, 0.2) is 5.51 Å². The highest BCUT2D eigenvalue weighted by Gasteiger charge is 2.33. The molecule has 0 bridgehead atoms. The van der Waals surface area contributed by atoms with Gasteiger partial charge in [-0.2, -0.15) is 0 Å². The summed E-state index contributed by atoms with van der Waals surface area (Å²) >= 11 is 1.57. The summed E-state index contributed by atoms with van der Waals surface area (Å²) in [6.45, 7) is 10.1. The van der Waals surface area contributed by atoms with Gasteiger partial charge in [0.2, 0.25) is 5.78 Å². The van der Waals surface area contributed by atoms with E-state index in [0.717, 1.165) is 23.4 Å². The molecule has 9 heteroatoms. The van der Waals surface area contributed by atoms with Gasteiger partial charge in [0, 0.05) is 23.8 Å². The normalized spacial score (nSPS) is 18.9. The lowest BCUT2D eigenvalue weighted by atomic mass is 9.87. The number of amides is 2. The van der Waals surface area contributed by atoms with Crippen LogP contribution in [0.3, 0.4) is 0 Å². The summed E-state index contributed by atoms with van der Waals surface area (Å²) in [5.74, 6) is -2.48. The molecule has 2 rings (SSSR count). The predicted molar refractivity (Wildman–Crippen MR) is 122 cm³/mol. The van der Waals surface area contributed by atoms with E-state index in [4.69, 9.17) is 4.74 Å². The summed E-state index contributed by atoms with van der Waals surface area (Å²) in [7, 11) is 0. The van der Waals surface area contributed by atoms with E-state index in [1.54, 1.807) is 16.8 Å². The molecule has 2 amide bonds. The van der Waals surface area contributed by atoms with E-state index in [1.807, 2.05) is 34.6 Å². The van der Waals surface area contributed by atoms with Gasteiger partial charge in [-0.1, -0.05) is 34.6 Å². The van der Waals surface area contributed by atoms with E-state index in [-0.39, 0.29) is 30.1 Å². The van der Waals surface area contributed by atoms with Crippen LogP contribution in [0.4, 0.5) is 4.79 Å². The summed E-state index contributed by atoms with van der Waals surface area (Å²) < 4.78 is 5.24. The van der Waals surface area contributed by atoms with Crippen molar-refractivity contribution in [2.24, 2.45) is 17.3 Å². The van der Waals surface area contributed by atoms with Crippen molar-refractivity contribution < 1.29 is 23.9 Å². The van der Waals surface area contributed by atoms with E-state index in [2.05, 4.69) is 15.6 Å². The van der Waals surface area contributed by atoms with Crippen LogP contribution in [0.25, 0.3) is 0 Å². The Kier molecular flexibility index (Phi) is 9.36. The summed E-state index contributed by atoms with van der Waals surface area (Å²) in [5.41, 5.74) is 2.52. The van der Waals surface area contributed by atoms with Crippen molar-refractivity contribution in [3.05, 3.63) is 16.1 Å². The zero-order valence-corrected chi connectivity index (χ0v) is 20.5. The highest BCUT2D eigenvalue weighted by molar-refractivity contribution is 7.09. The Labute approximate surface area is 193 Å². The second-order valence-electron chi connectivity index (χ2n) is 9.85. The average molecular weight is 466 g/mol. The van der Waals surface area contributed by atoms with Crippen molar-refractivity contribution in [1.29, 1.82) is 0 Å². The fourth-order valence-electron chi connectivity index (χ4n) is 3.50. The highest BCUT2D eigenvalue weighted by Crippen LogP contribution is 2.23. The molecule has 1 aromatic rings. The van der Waals surface area contributed by atoms with E-state index in [1.165, 1.54) is 0 Å². The number of nitrogens with one attached hydrogen (secondary N) is 2. The van der Waals surface area contributed by atoms with Gasteiger partial charge in [-0.05, 0) is 37.0 Å². The zero-order valence-electron chi connectivity index (χ0n) is 19.7. The fourth-order valence-corrected chi connectivity index (χ4v) is 4.36. The molecule has 1 aliphatic rings. The molecular weight excluding hydrogens is 430 g/mol. The van der Waals surface area contributed by atoms with Crippen molar-refractivity contribution in [1.82, 2.24) is 15.6 Å². The van der Waals surface area contributed by atoms with Crippen LogP contribution in [0.2, 0.25) is 0 Å². The number of aromatic nitrogens is 1. The molecule has 1 aromatic heterocycles. The van der Waals surface area contributed by atoms with Crippen molar-refractivity contribution in [3.8, 4) is 0 Å². The Hall–Kier alpha value is -2.29. The number of thiazole rings is 1. The molecule has 1 aliphatic heterocycles. The van der Waals surface area contributed by atoms with Crippen LogP contribution in [0.1, 0.15) is 64.5 Å². The van der Waals surface area contributed by atoms with Crippen LogP contribution < -0.4 is 10.6 Å². The number of carbonyl (C=O) groups is 4. The minimum absolute atomic E-state index is 0.117. The molecule has 178 valence electrons. The molecule has 0 saturated carbocycles. The molecule has 32 heavy (non-hydrogen) atoms. The molecule has 0 aromatic carbocycles. The molecule has 2 unspecified atom stereocenters. The number of carbonyl (C=O) groups excluding carboxylic acids is 4. The lowest BCUT2D eigenvalue weighted by Crippen LogP contribution is -2.46. The second kappa shape index (κ2) is 11.5. The molecule has 2 atom stereocenters. The Morgan fingerprint density at radius 1 is 1.28 bits per heavy atom. The SMILES string of the molecule is CC(C)C(NC(=O)OCC(C)(C)C)C(=O)CC1CCc2ncsc2CCCNC(=O)C1=O. The number of hydrogen-bond donors (Lipinski definition) is 2. The van der Waals surface area contributed by atoms with Crippen LogP contribution in [0, 0.1) is 17.3 Å². The minimum atomic E-state index is -0.800. The van der Waals surface area contributed by atoms with Crippen molar-refractivity contribution >= 4 is 34.9 Å². The Bertz CT molecular complexity index is 828. The first-order valence-electron chi connectivity index (χ1n) is 11.2. The second-order valence-corrected chi connectivity index (χ2v) is 10.8. The Morgan fingerprint density at radius 2 is 2.00 bits per heavy atom. The summed E-state index contributed by atoms with van der Waals surface area (Å²) in [5, 5.41) is 5.31. The standard InChI is InChI=1S/C23H35N3O5S/c1-14(2)19(26-22(30)31-12-23(3,4)5)17(27)11-15-8-9-16-18(32-13-25-16)7-6-10-24-21(29)20(15)28/h13-15,19H,6-12H2,1-5H3,(H,24,29)(H,26,30). The van der Waals surface area contributed by atoms with Gasteiger partial charge in [-0.15, -0.1) is 11.3 Å². The zero-order chi connectivity index (χ0) is 23.9. The third-order valence-electron chi connectivity index (χ3n) is 5.29. The first-order valence-corrected chi connectivity index (χ1v) is 12.0. The molecule has 0 radical (unpaired) electrons.